The van der Waals surface area contributed by atoms with E-state index in [9.17, 15) is 28.1 Å². The predicted molar refractivity (Wildman–Crippen MR) is 130 cm³/mol. The Morgan fingerprint density at radius 2 is 1.89 bits per heavy atom. The van der Waals surface area contributed by atoms with E-state index in [-0.39, 0.29) is 39.5 Å². The van der Waals surface area contributed by atoms with E-state index in [1.165, 1.54) is 26.0 Å². The van der Waals surface area contributed by atoms with Gasteiger partial charge in [-0.15, -0.1) is 0 Å². The molecule has 1 amide bonds. The standard InChI is InChI=1S/C24H19ClF3N5O4/c1-12-6-15(25)4-5-20(12)37-18-9-16(8-17(10-18)33(35)36)30-21(34)11-32-23-22(14(3)31-32)19(24(26,27)28)7-13(2)29-23/h4-10H,11H2,1-3H3,(H,30,34). The summed E-state index contributed by atoms with van der Waals surface area (Å²) in [6.45, 7) is 4.07. The third-order valence-corrected chi connectivity index (χ3v) is 5.59. The quantitative estimate of drug-likeness (QED) is 0.228. The van der Waals surface area contributed by atoms with Crippen LogP contribution in [0.3, 0.4) is 0 Å². The van der Waals surface area contributed by atoms with Crippen molar-refractivity contribution in [1.82, 2.24) is 14.8 Å². The molecule has 13 heteroatoms. The fourth-order valence-corrected chi connectivity index (χ4v) is 4.05. The molecule has 0 aliphatic carbocycles. The number of hydrogen-bond donors (Lipinski definition) is 1. The van der Waals surface area contributed by atoms with E-state index in [1.54, 1.807) is 25.1 Å². The Kier molecular flexibility index (Phi) is 6.78. The number of pyridine rings is 1. The van der Waals surface area contributed by atoms with Crippen LogP contribution in [-0.2, 0) is 17.5 Å². The van der Waals surface area contributed by atoms with Crippen molar-refractivity contribution >= 4 is 39.9 Å². The number of anilines is 1. The molecule has 1 N–H and O–H groups in total. The zero-order chi connectivity index (χ0) is 27.1. The average Bonchev–Trinajstić information content (AvgIpc) is 3.08. The van der Waals surface area contributed by atoms with Crippen LogP contribution in [0.15, 0.2) is 42.5 Å². The van der Waals surface area contributed by atoms with Gasteiger partial charge in [0.2, 0.25) is 5.91 Å². The number of rotatable bonds is 6. The zero-order valence-electron chi connectivity index (χ0n) is 19.7. The fourth-order valence-electron chi connectivity index (χ4n) is 3.82. The number of amides is 1. The molecule has 192 valence electrons. The van der Waals surface area contributed by atoms with Gasteiger partial charge in [-0.3, -0.25) is 14.9 Å². The van der Waals surface area contributed by atoms with Crippen LogP contribution in [0.25, 0.3) is 11.0 Å². The Balaban J connectivity index is 1.63. The molecule has 4 rings (SSSR count). The van der Waals surface area contributed by atoms with Crippen molar-refractivity contribution in [3.05, 3.63) is 80.1 Å². The van der Waals surface area contributed by atoms with E-state index in [0.717, 1.165) is 16.8 Å². The minimum absolute atomic E-state index is 0.0501. The third-order valence-electron chi connectivity index (χ3n) is 5.35. The maximum atomic E-state index is 13.6. The monoisotopic (exact) mass is 533 g/mol. The molecule has 0 radical (unpaired) electrons. The van der Waals surface area contributed by atoms with Gasteiger partial charge in [0.25, 0.3) is 5.69 Å². The summed E-state index contributed by atoms with van der Waals surface area (Å²) in [4.78, 5) is 27.7. The fraction of sp³-hybridized carbons (Fsp3) is 0.208. The summed E-state index contributed by atoms with van der Waals surface area (Å²) in [6.07, 6.45) is -4.63. The number of alkyl halides is 3. The lowest BCUT2D eigenvalue weighted by molar-refractivity contribution is -0.384. The number of nitrogens with zero attached hydrogens (tertiary/aromatic N) is 4. The Morgan fingerprint density at radius 3 is 2.54 bits per heavy atom. The molecule has 0 bridgehead atoms. The van der Waals surface area contributed by atoms with Gasteiger partial charge in [-0.1, -0.05) is 11.6 Å². The van der Waals surface area contributed by atoms with Crippen LogP contribution in [-0.4, -0.2) is 25.6 Å². The summed E-state index contributed by atoms with van der Waals surface area (Å²) in [7, 11) is 0. The molecule has 0 spiro atoms. The Bertz CT molecular complexity index is 1550. The maximum absolute atomic E-state index is 13.6. The number of aryl methyl sites for hydroxylation is 3. The number of hydrogen-bond acceptors (Lipinski definition) is 6. The summed E-state index contributed by atoms with van der Waals surface area (Å²) in [5.74, 6) is -0.194. The Labute approximate surface area is 213 Å². The number of carbonyl (C=O) groups excluding carboxylic acids is 1. The molecule has 2 heterocycles. The summed E-state index contributed by atoms with van der Waals surface area (Å²) in [6, 6.07) is 9.50. The molecule has 0 saturated heterocycles. The van der Waals surface area contributed by atoms with Crippen LogP contribution in [0, 0.1) is 30.9 Å². The van der Waals surface area contributed by atoms with Crippen LogP contribution < -0.4 is 10.1 Å². The molecule has 0 fully saturated rings. The van der Waals surface area contributed by atoms with E-state index < -0.39 is 29.1 Å². The van der Waals surface area contributed by atoms with Gasteiger partial charge in [-0.2, -0.15) is 18.3 Å². The van der Waals surface area contributed by atoms with E-state index in [0.29, 0.717) is 16.3 Å². The van der Waals surface area contributed by atoms with Crippen LogP contribution in [0.1, 0.15) is 22.5 Å². The van der Waals surface area contributed by atoms with Crippen molar-refractivity contribution in [3.8, 4) is 11.5 Å². The second-order valence-corrected chi connectivity index (χ2v) is 8.72. The number of aromatic nitrogens is 3. The first-order chi connectivity index (χ1) is 17.3. The molecule has 0 atom stereocenters. The number of halogens is 4. The minimum atomic E-state index is -4.63. The molecule has 2 aromatic carbocycles. The maximum Gasteiger partial charge on any atom is 0.417 e. The normalized spacial score (nSPS) is 11.5. The number of carbonyl (C=O) groups is 1. The largest absolute Gasteiger partial charge is 0.457 e. The van der Waals surface area contributed by atoms with Gasteiger partial charge >= 0.3 is 6.18 Å². The molecule has 0 aliphatic heterocycles. The summed E-state index contributed by atoms with van der Waals surface area (Å²) in [5.41, 5.74) is -0.419. The molecule has 0 saturated carbocycles. The molecule has 2 aromatic heterocycles. The predicted octanol–water partition coefficient (Wildman–Crippen LogP) is 6.37. The number of ether oxygens (including phenoxy) is 1. The number of fused-ring (bicyclic) bond motifs is 1. The number of non-ortho nitro benzene ring substituents is 1. The summed E-state index contributed by atoms with van der Waals surface area (Å²) < 4.78 is 47.5. The van der Waals surface area contributed by atoms with Crippen LogP contribution in [0.5, 0.6) is 11.5 Å². The van der Waals surface area contributed by atoms with Crippen molar-refractivity contribution in [2.75, 3.05) is 5.32 Å². The van der Waals surface area contributed by atoms with Crippen molar-refractivity contribution in [1.29, 1.82) is 0 Å². The van der Waals surface area contributed by atoms with Crippen molar-refractivity contribution in [2.45, 2.75) is 33.5 Å². The highest BCUT2D eigenvalue weighted by Gasteiger charge is 2.35. The minimum Gasteiger partial charge on any atom is -0.457 e. The smallest absolute Gasteiger partial charge is 0.417 e. The molecule has 4 aromatic rings. The van der Waals surface area contributed by atoms with E-state index in [4.69, 9.17) is 16.3 Å². The van der Waals surface area contributed by atoms with E-state index in [2.05, 4.69) is 15.4 Å². The van der Waals surface area contributed by atoms with Crippen molar-refractivity contribution in [3.63, 3.8) is 0 Å². The molecule has 0 aliphatic rings. The van der Waals surface area contributed by atoms with Crippen molar-refractivity contribution in [2.24, 2.45) is 0 Å². The lowest BCUT2D eigenvalue weighted by atomic mass is 10.1. The van der Waals surface area contributed by atoms with E-state index in [1.807, 2.05) is 0 Å². The van der Waals surface area contributed by atoms with Gasteiger partial charge in [0.05, 0.1) is 33.3 Å². The third kappa shape index (κ3) is 5.64. The second-order valence-electron chi connectivity index (χ2n) is 8.28. The average molecular weight is 534 g/mol. The molecular weight excluding hydrogens is 515 g/mol. The number of benzene rings is 2. The van der Waals surface area contributed by atoms with Gasteiger partial charge in [0, 0.05) is 22.8 Å². The van der Waals surface area contributed by atoms with Gasteiger partial charge in [0.15, 0.2) is 5.65 Å². The molecular formula is C24H19ClF3N5O4. The van der Waals surface area contributed by atoms with Gasteiger partial charge in [-0.05, 0) is 50.6 Å². The lowest BCUT2D eigenvalue weighted by Gasteiger charge is -2.12. The molecule has 0 unspecified atom stereocenters. The number of nitro benzene ring substituents is 1. The van der Waals surface area contributed by atoms with Crippen LogP contribution in [0.4, 0.5) is 24.5 Å². The van der Waals surface area contributed by atoms with Gasteiger partial charge in [0.1, 0.15) is 18.0 Å². The van der Waals surface area contributed by atoms with Crippen LogP contribution >= 0.6 is 11.6 Å². The Hall–Kier alpha value is -4.19. The molecule has 37 heavy (non-hydrogen) atoms. The first-order valence-electron chi connectivity index (χ1n) is 10.8. The zero-order valence-corrected chi connectivity index (χ0v) is 20.4. The number of nitrogens with one attached hydrogen (secondary N) is 1. The first-order valence-corrected chi connectivity index (χ1v) is 11.1. The Morgan fingerprint density at radius 1 is 1.16 bits per heavy atom. The van der Waals surface area contributed by atoms with Gasteiger partial charge in [-0.25, -0.2) is 9.67 Å². The first kappa shape index (κ1) is 25.9. The lowest BCUT2D eigenvalue weighted by Crippen LogP contribution is -2.20. The van der Waals surface area contributed by atoms with Crippen LogP contribution in [0.2, 0.25) is 5.02 Å². The van der Waals surface area contributed by atoms with Crippen molar-refractivity contribution < 1.29 is 27.6 Å². The topological polar surface area (TPSA) is 112 Å². The highest BCUT2D eigenvalue weighted by molar-refractivity contribution is 6.30. The SMILES string of the molecule is Cc1cc(C(F)(F)F)c2c(C)nn(CC(=O)Nc3cc(Oc4ccc(Cl)cc4C)cc([N+](=O)[O-])c3)c2n1. The van der Waals surface area contributed by atoms with E-state index >= 15 is 0 Å². The highest BCUT2D eigenvalue weighted by atomic mass is 35.5. The second kappa shape index (κ2) is 9.69. The molecule has 9 nitrogen and oxygen atoms in total. The summed E-state index contributed by atoms with van der Waals surface area (Å²) in [5, 5.41) is 18.3. The summed E-state index contributed by atoms with van der Waals surface area (Å²) >= 11 is 5.95. The highest BCUT2D eigenvalue weighted by Crippen LogP contribution is 2.36. The van der Waals surface area contributed by atoms with Gasteiger partial charge < -0.3 is 10.1 Å². The number of nitro groups is 1.